The third kappa shape index (κ3) is 4.44. The molecular weight excluding hydrogens is 460 g/mol. The van der Waals surface area contributed by atoms with Gasteiger partial charge in [-0.2, -0.15) is 0 Å². The Morgan fingerprint density at radius 3 is 2.57 bits per heavy atom. The van der Waals surface area contributed by atoms with E-state index in [2.05, 4.69) is 18.7 Å². The van der Waals surface area contributed by atoms with Gasteiger partial charge in [0.1, 0.15) is 28.0 Å². The summed E-state index contributed by atoms with van der Waals surface area (Å²) in [5.74, 6) is 3.53. The van der Waals surface area contributed by atoms with Gasteiger partial charge in [0.25, 0.3) is 5.91 Å². The van der Waals surface area contributed by atoms with Crippen molar-refractivity contribution >= 4 is 33.3 Å². The third-order valence-electron chi connectivity index (χ3n) is 7.37. The summed E-state index contributed by atoms with van der Waals surface area (Å²) in [6.45, 7) is 7.18. The third-order valence-corrected chi connectivity index (χ3v) is 8.56. The van der Waals surface area contributed by atoms with E-state index in [1.807, 2.05) is 16.2 Å². The number of carbonyl (C=O) groups is 1. The summed E-state index contributed by atoms with van der Waals surface area (Å²) in [7, 11) is 3.19. The number of carbonyl (C=O) groups excluding carboxylic acids is 1. The first-order valence-corrected chi connectivity index (χ1v) is 13.4. The number of anilines is 1. The average Bonchev–Trinajstić information content (AvgIpc) is 3.30. The van der Waals surface area contributed by atoms with E-state index in [0.29, 0.717) is 36.1 Å². The Hall–Kier alpha value is -2.87. The van der Waals surface area contributed by atoms with E-state index >= 15 is 0 Å². The summed E-state index contributed by atoms with van der Waals surface area (Å²) < 4.78 is 10.8. The Morgan fingerprint density at radius 1 is 1.09 bits per heavy atom. The Morgan fingerprint density at radius 2 is 1.86 bits per heavy atom. The molecule has 3 heterocycles. The Kier molecular flexibility index (Phi) is 6.82. The number of hydrogen-bond acceptors (Lipinski definition) is 7. The maximum Gasteiger partial charge on any atom is 0.257 e. The van der Waals surface area contributed by atoms with Crippen LogP contribution in [0.4, 0.5) is 5.82 Å². The highest BCUT2D eigenvalue weighted by molar-refractivity contribution is 7.19. The van der Waals surface area contributed by atoms with Gasteiger partial charge in [0.05, 0.1) is 25.2 Å². The fourth-order valence-corrected chi connectivity index (χ4v) is 6.32. The number of rotatable bonds is 6. The molecule has 1 aliphatic carbocycles. The molecule has 0 saturated carbocycles. The minimum atomic E-state index is -0.00908. The second-order valence-electron chi connectivity index (χ2n) is 9.45. The first kappa shape index (κ1) is 23.9. The first-order chi connectivity index (χ1) is 17.0. The highest BCUT2D eigenvalue weighted by atomic mass is 32.1. The van der Waals surface area contributed by atoms with E-state index in [1.165, 1.54) is 28.7 Å². The van der Waals surface area contributed by atoms with Crippen LogP contribution in [0.5, 0.6) is 11.5 Å². The van der Waals surface area contributed by atoms with Crippen molar-refractivity contribution in [2.75, 3.05) is 45.3 Å². The molecule has 186 valence electrons. The van der Waals surface area contributed by atoms with E-state index < -0.39 is 0 Å². The zero-order valence-corrected chi connectivity index (χ0v) is 21.9. The molecule has 0 N–H and O–H groups in total. The van der Waals surface area contributed by atoms with Gasteiger partial charge in [0, 0.05) is 43.0 Å². The van der Waals surface area contributed by atoms with E-state index in [-0.39, 0.29) is 5.91 Å². The number of aromatic nitrogens is 2. The molecular formula is C27H34N4O3S. The summed E-state index contributed by atoms with van der Waals surface area (Å²) >= 11 is 1.86. The lowest BCUT2D eigenvalue weighted by atomic mass is 9.96. The van der Waals surface area contributed by atoms with Gasteiger partial charge < -0.3 is 19.3 Å². The highest BCUT2D eigenvalue weighted by Crippen LogP contribution is 2.41. The minimum absolute atomic E-state index is 0.00908. The summed E-state index contributed by atoms with van der Waals surface area (Å²) in [6, 6.07) is 5.35. The summed E-state index contributed by atoms with van der Waals surface area (Å²) in [6.07, 6.45) is 5.78. The van der Waals surface area contributed by atoms with Crippen LogP contribution in [0.25, 0.3) is 10.2 Å². The fourth-order valence-electron chi connectivity index (χ4n) is 5.05. The van der Waals surface area contributed by atoms with Gasteiger partial charge in [-0.05, 0) is 49.8 Å². The lowest BCUT2D eigenvalue weighted by Crippen LogP contribution is -2.49. The Labute approximate surface area is 211 Å². The molecule has 7 nitrogen and oxygen atoms in total. The SMILES string of the molecule is CCC(C)c1nc(N2CCN(C(=O)c3ccc(OC)cc3OC)CC2)c2c3c(sc2n1)CCCC3. The van der Waals surface area contributed by atoms with E-state index in [9.17, 15) is 4.79 Å². The van der Waals surface area contributed by atoms with Gasteiger partial charge in [-0.3, -0.25) is 4.79 Å². The number of amides is 1. The number of hydrogen-bond donors (Lipinski definition) is 0. The predicted molar refractivity (Wildman–Crippen MR) is 140 cm³/mol. The van der Waals surface area contributed by atoms with E-state index in [0.717, 1.165) is 48.8 Å². The summed E-state index contributed by atoms with van der Waals surface area (Å²) in [5.41, 5.74) is 2.03. The lowest BCUT2D eigenvalue weighted by molar-refractivity contribution is 0.0743. The monoisotopic (exact) mass is 494 g/mol. The number of benzene rings is 1. The van der Waals surface area contributed by atoms with Crippen molar-refractivity contribution in [3.05, 3.63) is 40.0 Å². The topological polar surface area (TPSA) is 67.8 Å². The molecule has 1 fully saturated rings. The number of aryl methyl sites for hydroxylation is 2. The molecule has 1 aliphatic heterocycles. The molecule has 1 atom stereocenters. The van der Waals surface area contributed by atoms with Crippen molar-refractivity contribution in [1.82, 2.24) is 14.9 Å². The van der Waals surface area contributed by atoms with Crippen LogP contribution in [0.1, 0.15) is 65.7 Å². The van der Waals surface area contributed by atoms with Crippen molar-refractivity contribution in [2.45, 2.75) is 51.9 Å². The van der Waals surface area contributed by atoms with E-state index in [4.69, 9.17) is 19.4 Å². The number of piperazine rings is 1. The van der Waals surface area contributed by atoms with Crippen LogP contribution in [-0.2, 0) is 12.8 Å². The standard InChI is InChI=1S/C27H34N4O3S/c1-5-17(2)24-28-25(23-20-8-6-7-9-22(20)35-26(23)29-24)30-12-14-31(15-13-30)27(32)19-11-10-18(33-3)16-21(19)34-4/h10-11,16-17H,5-9,12-15H2,1-4H3. The Bertz CT molecular complexity index is 1230. The molecule has 0 radical (unpaired) electrons. The van der Waals surface area contributed by atoms with Gasteiger partial charge in [-0.25, -0.2) is 9.97 Å². The maximum absolute atomic E-state index is 13.3. The summed E-state index contributed by atoms with van der Waals surface area (Å²) in [5, 5.41) is 1.26. The number of ether oxygens (including phenoxy) is 2. The molecule has 2 aliphatic rings. The number of fused-ring (bicyclic) bond motifs is 3. The van der Waals surface area contributed by atoms with Gasteiger partial charge in [0.15, 0.2) is 0 Å². The van der Waals surface area contributed by atoms with Crippen LogP contribution in [0.3, 0.4) is 0 Å². The van der Waals surface area contributed by atoms with Crippen LogP contribution < -0.4 is 14.4 Å². The van der Waals surface area contributed by atoms with Crippen LogP contribution in [0.15, 0.2) is 18.2 Å². The number of nitrogens with zero attached hydrogens (tertiary/aromatic N) is 4. The van der Waals surface area contributed by atoms with Crippen molar-refractivity contribution < 1.29 is 14.3 Å². The van der Waals surface area contributed by atoms with Crippen LogP contribution >= 0.6 is 11.3 Å². The molecule has 0 spiro atoms. The van der Waals surface area contributed by atoms with Crippen LogP contribution in [-0.4, -0.2) is 61.2 Å². The molecule has 1 amide bonds. The zero-order chi connectivity index (χ0) is 24.5. The first-order valence-electron chi connectivity index (χ1n) is 12.6. The number of thiophene rings is 1. The molecule has 2 aromatic heterocycles. The molecule has 35 heavy (non-hydrogen) atoms. The lowest BCUT2D eigenvalue weighted by Gasteiger charge is -2.36. The molecule has 3 aromatic rings. The second kappa shape index (κ2) is 10.0. The Balaban J connectivity index is 1.42. The average molecular weight is 495 g/mol. The minimum Gasteiger partial charge on any atom is -0.497 e. The fraction of sp³-hybridized carbons (Fsp3) is 0.519. The smallest absolute Gasteiger partial charge is 0.257 e. The van der Waals surface area contributed by atoms with Crippen molar-refractivity contribution in [3.63, 3.8) is 0 Å². The van der Waals surface area contributed by atoms with Gasteiger partial charge in [0.2, 0.25) is 0 Å². The normalized spacial score (nSPS) is 16.8. The predicted octanol–water partition coefficient (Wildman–Crippen LogP) is 5.06. The van der Waals surface area contributed by atoms with Gasteiger partial charge in [-0.15, -0.1) is 11.3 Å². The van der Waals surface area contributed by atoms with Crippen molar-refractivity contribution in [3.8, 4) is 11.5 Å². The number of methoxy groups -OCH3 is 2. The molecule has 1 unspecified atom stereocenters. The molecule has 0 bridgehead atoms. The molecule has 5 rings (SSSR count). The molecule has 1 saturated heterocycles. The van der Waals surface area contributed by atoms with E-state index in [1.54, 1.807) is 32.4 Å². The van der Waals surface area contributed by atoms with Crippen LogP contribution in [0, 0.1) is 0 Å². The highest BCUT2D eigenvalue weighted by Gasteiger charge is 2.29. The maximum atomic E-state index is 13.3. The molecule has 8 heteroatoms. The largest absolute Gasteiger partial charge is 0.497 e. The quantitative estimate of drug-likeness (QED) is 0.477. The van der Waals surface area contributed by atoms with Gasteiger partial charge in [-0.1, -0.05) is 13.8 Å². The van der Waals surface area contributed by atoms with Crippen molar-refractivity contribution in [1.29, 1.82) is 0 Å². The van der Waals surface area contributed by atoms with Crippen LogP contribution in [0.2, 0.25) is 0 Å². The molecule has 1 aromatic carbocycles. The van der Waals surface area contributed by atoms with Gasteiger partial charge >= 0.3 is 0 Å². The summed E-state index contributed by atoms with van der Waals surface area (Å²) in [4.78, 5) is 30.4. The second-order valence-corrected chi connectivity index (χ2v) is 10.5. The van der Waals surface area contributed by atoms with Crippen molar-refractivity contribution in [2.24, 2.45) is 0 Å². The zero-order valence-electron chi connectivity index (χ0n) is 21.1.